The molecule has 0 bridgehead atoms. The molecule has 0 saturated carbocycles. The van der Waals surface area contributed by atoms with E-state index in [2.05, 4.69) is 5.32 Å². The predicted molar refractivity (Wildman–Crippen MR) is 122 cm³/mol. The number of anilines is 1. The lowest BCUT2D eigenvalue weighted by Gasteiger charge is -2.14. The standard InChI is InChI=1S/C26H21ClFNO2/c27-21-9-14-26(30-18-19-5-4-6-22(28)15-19)20(16-21)17-29-23-10-12-25(13-11-23)31-24-7-2-1-3-8-24/h1-16,29H,17-18H2. The number of para-hydroxylation sites is 1. The van der Waals surface area contributed by atoms with Crippen molar-refractivity contribution in [2.75, 3.05) is 5.32 Å². The van der Waals surface area contributed by atoms with Crippen molar-refractivity contribution >= 4 is 17.3 Å². The van der Waals surface area contributed by atoms with Crippen LogP contribution in [0.4, 0.5) is 10.1 Å². The van der Waals surface area contributed by atoms with Gasteiger partial charge in [0.2, 0.25) is 0 Å². The molecule has 0 atom stereocenters. The Morgan fingerprint density at radius 3 is 2.32 bits per heavy atom. The molecule has 1 N–H and O–H groups in total. The van der Waals surface area contributed by atoms with E-state index in [9.17, 15) is 4.39 Å². The minimum Gasteiger partial charge on any atom is -0.489 e. The van der Waals surface area contributed by atoms with Gasteiger partial charge in [0.25, 0.3) is 0 Å². The molecule has 0 amide bonds. The molecule has 0 aliphatic heterocycles. The van der Waals surface area contributed by atoms with E-state index in [-0.39, 0.29) is 12.4 Å². The molecule has 0 fully saturated rings. The summed E-state index contributed by atoms with van der Waals surface area (Å²) >= 11 is 6.18. The monoisotopic (exact) mass is 433 g/mol. The first-order valence-corrected chi connectivity index (χ1v) is 10.3. The summed E-state index contributed by atoms with van der Waals surface area (Å²) in [5.74, 6) is 1.98. The van der Waals surface area contributed by atoms with Crippen molar-refractivity contribution in [3.63, 3.8) is 0 Å². The van der Waals surface area contributed by atoms with Gasteiger partial charge in [0.05, 0.1) is 0 Å². The number of nitrogens with one attached hydrogen (secondary N) is 1. The molecule has 4 aromatic rings. The van der Waals surface area contributed by atoms with Gasteiger partial charge in [-0.05, 0) is 72.3 Å². The van der Waals surface area contributed by atoms with Gasteiger partial charge in [-0.25, -0.2) is 4.39 Å². The van der Waals surface area contributed by atoms with Crippen molar-refractivity contribution in [2.45, 2.75) is 13.2 Å². The van der Waals surface area contributed by atoms with Crippen LogP contribution in [0.3, 0.4) is 0 Å². The molecule has 0 heterocycles. The summed E-state index contributed by atoms with van der Waals surface area (Å²) in [6, 6.07) is 29.2. The van der Waals surface area contributed by atoms with E-state index < -0.39 is 0 Å². The van der Waals surface area contributed by atoms with Crippen molar-refractivity contribution in [3.05, 3.63) is 119 Å². The largest absolute Gasteiger partial charge is 0.489 e. The van der Waals surface area contributed by atoms with Crippen molar-refractivity contribution in [1.82, 2.24) is 0 Å². The zero-order chi connectivity index (χ0) is 21.5. The van der Waals surface area contributed by atoms with Crippen LogP contribution in [-0.2, 0) is 13.2 Å². The highest BCUT2D eigenvalue weighted by Gasteiger charge is 2.07. The average Bonchev–Trinajstić information content (AvgIpc) is 2.79. The molecule has 0 spiro atoms. The number of hydrogen-bond donors (Lipinski definition) is 1. The number of benzene rings is 4. The molecular formula is C26H21ClFNO2. The van der Waals surface area contributed by atoms with Crippen LogP contribution in [0.1, 0.15) is 11.1 Å². The Bertz CT molecular complexity index is 1130. The smallest absolute Gasteiger partial charge is 0.127 e. The topological polar surface area (TPSA) is 30.5 Å². The van der Waals surface area contributed by atoms with Crippen molar-refractivity contribution < 1.29 is 13.9 Å². The minimum absolute atomic E-state index is 0.276. The van der Waals surface area contributed by atoms with Crippen LogP contribution in [-0.4, -0.2) is 0 Å². The van der Waals surface area contributed by atoms with Crippen LogP contribution in [0.2, 0.25) is 5.02 Å². The van der Waals surface area contributed by atoms with E-state index in [4.69, 9.17) is 21.1 Å². The van der Waals surface area contributed by atoms with Gasteiger partial charge in [0.1, 0.15) is 29.7 Å². The van der Waals surface area contributed by atoms with Crippen LogP contribution in [0.25, 0.3) is 0 Å². The second-order valence-electron chi connectivity index (χ2n) is 6.96. The van der Waals surface area contributed by atoms with Crippen molar-refractivity contribution in [1.29, 1.82) is 0 Å². The molecule has 156 valence electrons. The molecule has 0 saturated heterocycles. The summed E-state index contributed by atoms with van der Waals surface area (Å²) in [5.41, 5.74) is 2.62. The van der Waals surface area contributed by atoms with E-state index in [1.165, 1.54) is 12.1 Å². The van der Waals surface area contributed by atoms with Gasteiger partial charge in [0.15, 0.2) is 0 Å². The van der Waals surface area contributed by atoms with Crippen molar-refractivity contribution in [2.24, 2.45) is 0 Å². The second-order valence-corrected chi connectivity index (χ2v) is 7.40. The number of halogens is 2. The van der Waals surface area contributed by atoms with Gasteiger partial charge in [-0.1, -0.05) is 41.9 Å². The lowest BCUT2D eigenvalue weighted by molar-refractivity contribution is 0.302. The van der Waals surface area contributed by atoms with Gasteiger partial charge in [0, 0.05) is 22.8 Å². The fourth-order valence-corrected chi connectivity index (χ4v) is 3.27. The van der Waals surface area contributed by atoms with E-state index >= 15 is 0 Å². The van der Waals surface area contributed by atoms with Gasteiger partial charge < -0.3 is 14.8 Å². The maximum absolute atomic E-state index is 13.4. The highest BCUT2D eigenvalue weighted by Crippen LogP contribution is 2.26. The number of rotatable bonds is 8. The Balaban J connectivity index is 1.39. The Labute approximate surface area is 186 Å². The lowest BCUT2D eigenvalue weighted by Crippen LogP contribution is -2.04. The van der Waals surface area contributed by atoms with Gasteiger partial charge in [-0.2, -0.15) is 0 Å². The lowest BCUT2D eigenvalue weighted by atomic mass is 10.2. The van der Waals surface area contributed by atoms with Crippen LogP contribution in [0.15, 0.2) is 97.1 Å². The summed E-state index contributed by atoms with van der Waals surface area (Å²) in [6.45, 7) is 0.801. The second kappa shape index (κ2) is 10.0. The Kier molecular flexibility index (Phi) is 6.70. The summed E-state index contributed by atoms with van der Waals surface area (Å²) in [6.07, 6.45) is 0. The zero-order valence-corrected chi connectivity index (χ0v) is 17.5. The molecule has 0 aromatic heterocycles. The van der Waals surface area contributed by atoms with Gasteiger partial charge in [-0.15, -0.1) is 0 Å². The Hall–Kier alpha value is -3.50. The molecule has 5 heteroatoms. The highest BCUT2D eigenvalue weighted by molar-refractivity contribution is 6.30. The summed E-state index contributed by atoms with van der Waals surface area (Å²) in [4.78, 5) is 0. The predicted octanol–water partition coefficient (Wildman–Crippen LogP) is 7.46. The molecule has 3 nitrogen and oxygen atoms in total. The maximum Gasteiger partial charge on any atom is 0.127 e. The maximum atomic E-state index is 13.4. The highest BCUT2D eigenvalue weighted by atomic mass is 35.5. The van der Waals surface area contributed by atoms with E-state index in [0.717, 1.165) is 28.3 Å². The SMILES string of the molecule is Fc1cccc(COc2ccc(Cl)cc2CNc2ccc(Oc3ccccc3)cc2)c1. The van der Waals surface area contributed by atoms with E-state index in [0.29, 0.717) is 17.3 Å². The van der Waals surface area contributed by atoms with Crippen LogP contribution < -0.4 is 14.8 Å². The molecule has 0 aliphatic rings. The Morgan fingerprint density at radius 1 is 0.774 bits per heavy atom. The first-order chi connectivity index (χ1) is 15.2. The third-order valence-corrected chi connectivity index (χ3v) is 4.86. The minimum atomic E-state index is -0.279. The average molecular weight is 434 g/mol. The molecule has 0 aliphatic carbocycles. The van der Waals surface area contributed by atoms with E-state index in [1.54, 1.807) is 12.1 Å². The summed E-state index contributed by atoms with van der Waals surface area (Å²) in [5, 5.41) is 4.00. The first-order valence-electron chi connectivity index (χ1n) is 9.88. The zero-order valence-electron chi connectivity index (χ0n) is 16.7. The number of ether oxygens (including phenoxy) is 2. The molecule has 0 unspecified atom stereocenters. The van der Waals surface area contributed by atoms with Crippen LogP contribution in [0.5, 0.6) is 17.2 Å². The Morgan fingerprint density at radius 2 is 1.55 bits per heavy atom. The summed E-state index contributed by atoms with van der Waals surface area (Å²) < 4.78 is 25.1. The number of hydrogen-bond acceptors (Lipinski definition) is 3. The van der Waals surface area contributed by atoms with Gasteiger partial charge >= 0.3 is 0 Å². The van der Waals surface area contributed by atoms with Gasteiger partial charge in [-0.3, -0.25) is 0 Å². The first kappa shape index (κ1) is 20.8. The van der Waals surface area contributed by atoms with Crippen LogP contribution in [0, 0.1) is 5.82 Å². The molecule has 4 aromatic carbocycles. The fraction of sp³-hybridized carbons (Fsp3) is 0.0769. The molecule has 31 heavy (non-hydrogen) atoms. The van der Waals surface area contributed by atoms with Crippen molar-refractivity contribution in [3.8, 4) is 17.2 Å². The van der Waals surface area contributed by atoms with E-state index in [1.807, 2.05) is 72.8 Å². The van der Waals surface area contributed by atoms with Crippen LogP contribution >= 0.6 is 11.6 Å². The molecule has 0 radical (unpaired) electrons. The molecular weight excluding hydrogens is 413 g/mol. The normalized spacial score (nSPS) is 10.5. The molecule has 4 rings (SSSR count). The summed E-state index contributed by atoms with van der Waals surface area (Å²) in [7, 11) is 0. The third kappa shape index (κ3) is 6.00. The quantitative estimate of drug-likeness (QED) is 0.312. The fourth-order valence-electron chi connectivity index (χ4n) is 3.08. The third-order valence-electron chi connectivity index (χ3n) is 4.62.